The van der Waals surface area contributed by atoms with Gasteiger partial charge in [0.05, 0.1) is 0 Å². The molecule has 2 aromatic rings. The van der Waals surface area contributed by atoms with Crippen LogP contribution in [0.2, 0.25) is 0 Å². The standard InChI is InChI=1S/C21H24N2O/c1-5-22(6-2)19-13-9-17(10-14-19)21(24)18-11-15-20(16-12-18)23(7-3)8-4/h5-6,9-16H,1-2,7-8H2,3-4H3. The van der Waals surface area contributed by atoms with Crippen LogP contribution >= 0.6 is 0 Å². The molecule has 0 radical (unpaired) electrons. The Bertz CT molecular complexity index is 690. The molecule has 0 saturated heterocycles. The van der Waals surface area contributed by atoms with Crippen molar-refractivity contribution in [2.45, 2.75) is 13.8 Å². The average molecular weight is 320 g/mol. The predicted octanol–water partition coefficient (Wildman–Crippen LogP) is 4.86. The number of rotatable bonds is 8. The summed E-state index contributed by atoms with van der Waals surface area (Å²) in [5.74, 6) is 0.0244. The quantitative estimate of drug-likeness (QED) is 0.649. The maximum Gasteiger partial charge on any atom is 0.193 e. The van der Waals surface area contributed by atoms with Crippen molar-refractivity contribution in [3.05, 3.63) is 85.2 Å². The van der Waals surface area contributed by atoms with E-state index in [9.17, 15) is 4.79 Å². The van der Waals surface area contributed by atoms with Crippen molar-refractivity contribution in [2.75, 3.05) is 22.9 Å². The number of benzene rings is 2. The third-order valence-corrected chi connectivity index (χ3v) is 4.08. The van der Waals surface area contributed by atoms with Crippen LogP contribution in [-0.2, 0) is 0 Å². The maximum atomic E-state index is 12.6. The summed E-state index contributed by atoms with van der Waals surface area (Å²) in [6, 6.07) is 15.2. The van der Waals surface area contributed by atoms with Crippen molar-refractivity contribution in [2.24, 2.45) is 0 Å². The van der Waals surface area contributed by atoms with E-state index in [0.717, 1.165) is 24.5 Å². The lowest BCUT2D eigenvalue weighted by atomic mass is 10.0. The van der Waals surface area contributed by atoms with Gasteiger partial charge in [0.15, 0.2) is 5.78 Å². The Morgan fingerprint density at radius 2 is 1.25 bits per heavy atom. The summed E-state index contributed by atoms with van der Waals surface area (Å²) < 4.78 is 0. The highest BCUT2D eigenvalue weighted by atomic mass is 16.1. The van der Waals surface area contributed by atoms with Crippen LogP contribution in [0.1, 0.15) is 29.8 Å². The lowest BCUT2D eigenvalue weighted by molar-refractivity contribution is 0.103. The van der Waals surface area contributed by atoms with Crippen molar-refractivity contribution >= 4 is 17.2 Å². The monoisotopic (exact) mass is 320 g/mol. The second-order valence-corrected chi connectivity index (χ2v) is 5.37. The molecule has 124 valence electrons. The highest BCUT2D eigenvalue weighted by molar-refractivity contribution is 6.09. The van der Waals surface area contributed by atoms with E-state index in [4.69, 9.17) is 0 Å². The second kappa shape index (κ2) is 8.16. The van der Waals surface area contributed by atoms with Gasteiger partial charge in [-0.2, -0.15) is 0 Å². The molecular formula is C21H24N2O. The van der Waals surface area contributed by atoms with Gasteiger partial charge in [0, 0.05) is 48.0 Å². The fourth-order valence-corrected chi connectivity index (χ4v) is 2.65. The number of ketones is 1. The maximum absolute atomic E-state index is 12.6. The SMILES string of the molecule is C=CN(C=C)c1ccc(C(=O)c2ccc(N(CC)CC)cc2)cc1. The number of anilines is 2. The van der Waals surface area contributed by atoms with Crippen molar-refractivity contribution in [1.29, 1.82) is 0 Å². The Balaban J connectivity index is 2.19. The summed E-state index contributed by atoms with van der Waals surface area (Å²) in [6.07, 6.45) is 3.35. The van der Waals surface area contributed by atoms with E-state index in [-0.39, 0.29) is 5.78 Å². The molecule has 0 fully saturated rings. The molecule has 3 heteroatoms. The first-order valence-electron chi connectivity index (χ1n) is 8.17. The number of carbonyl (C=O) groups excluding carboxylic acids is 1. The smallest absolute Gasteiger partial charge is 0.193 e. The number of carbonyl (C=O) groups is 1. The molecular weight excluding hydrogens is 296 g/mol. The predicted molar refractivity (Wildman–Crippen MR) is 103 cm³/mol. The molecule has 0 heterocycles. The van der Waals surface area contributed by atoms with Crippen molar-refractivity contribution < 1.29 is 4.79 Å². The van der Waals surface area contributed by atoms with E-state index < -0.39 is 0 Å². The Labute approximate surface area is 144 Å². The topological polar surface area (TPSA) is 23.6 Å². The first-order chi connectivity index (χ1) is 11.6. The lowest BCUT2D eigenvalue weighted by Crippen LogP contribution is -2.21. The van der Waals surface area contributed by atoms with Crippen LogP contribution in [0.5, 0.6) is 0 Å². The number of hydrogen-bond donors (Lipinski definition) is 0. The van der Waals surface area contributed by atoms with E-state index in [1.54, 1.807) is 17.3 Å². The van der Waals surface area contributed by atoms with Gasteiger partial charge in [-0.05, 0) is 62.4 Å². The minimum absolute atomic E-state index is 0.0244. The third-order valence-electron chi connectivity index (χ3n) is 4.08. The van der Waals surface area contributed by atoms with Gasteiger partial charge in [0.2, 0.25) is 0 Å². The second-order valence-electron chi connectivity index (χ2n) is 5.37. The van der Waals surface area contributed by atoms with Crippen molar-refractivity contribution in [3.63, 3.8) is 0 Å². The summed E-state index contributed by atoms with van der Waals surface area (Å²) in [7, 11) is 0. The summed E-state index contributed by atoms with van der Waals surface area (Å²) in [4.78, 5) is 16.7. The lowest BCUT2D eigenvalue weighted by Gasteiger charge is -2.21. The fraction of sp³-hybridized carbons (Fsp3) is 0.190. The molecule has 0 unspecified atom stereocenters. The van der Waals surface area contributed by atoms with Crippen LogP contribution in [0, 0.1) is 0 Å². The molecule has 0 bridgehead atoms. The van der Waals surface area contributed by atoms with Crippen LogP contribution in [-0.4, -0.2) is 18.9 Å². The van der Waals surface area contributed by atoms with Crippen LogP contribution < -0.4 is 9.80 Å². The van der Waals surface area contributed by atoms with E-state index in [1.165, 1.54) is 0 Å². The van der Waals surface area contributed by atoms with Crippen molar-refractivity contribution in [1.82, 2.24) is 0 Å². The zero-order valence-corrected chi connectivity index (χ0v) is 14.4. The third kappa shape index (κ3) is 3.74. The summed E-state index contributed by atoms with van der Waals surface area (Å²) in [5.41, 5.74) is 3.43. The van der Waals surface area contributed by atoms with Gasteiger partial charge in [-0.1, -0.05) is 13.2 Å². The van der Waals surface area contributed by atoms with E-state index in [0.29, 0.717) is 11.1 Å². The Kier molecular flexibility index (Phi) is 5.96. The normalized spacial score (nSPS) is 10.1. The number of nitrogens with zero attached hydrogens (tertiary/aromatic N) is 2. The summed E-state index contributed by atoms with van der Waals surface area (Å²) in [6.45, 7) is 13.6. The highest BCUT2D eigenvalue weighted by Crippen LogP contribution is 2.20. The molecule has 0 aromatic heterocycles. The number of hydrogen-bond acceptors (Lipinski definition) is 3. The van der Waals surface area contributed by atoms with E-state index >= 15 is 0 Å². The van der Waals surface area contributed by atoms with Gasteiger partial charge in [-0.15, -0.1) is 0 Å². The minimum Gasteiger partial charge on any atom is -0.372 e. The van der Waals surface area contributed by atoms with E-state index in [2.05, 4.69) is 31.9 Å². The molecule has 0 aliphatic heterocycles. The highest BCUT2D eigenvalue weighted by Gasteiger charge is 2.10. The van der Waals surface area contributed by atoms with Gasteiger partial charge in [-0.25, -0.2) is 0 Å². The van der Waals surface area contributed by atoms with Crippen LogP contribution in [0.3, 0.4) is 0 Å². The molecule has 0 saturated carbocycles. The van der Waals surface area contributed by atoms with Gasteiger partial charge in [0.1, 0.15) is 0 Å². The Morgan fingerprint density at radius 1 is 0.833 bits per heavy atom. The zero-order valence-electron chi connectivity index (χ0n) is 14.4. The molecule has 0 atom stereocenters. The van der Waals surface area contributed by atoms with E-state index in [1.807, 2.05) is 48.5 Å². The summed E-state index contributed by atoms with van der Waals surface area (Å²) in [5, 5.41) is 0. The van der Waals surface area contributed by atoms with Gasteiger partial charge in [0.25, 0.3) is 0 Å². The minimum atomic E-state index is 0.0244. The van der Waals surface area contributed by atoms with Gasteiger partial charge >= 0.3 is 0 Å². The van der Waals surface area contributed by atoms with Crippen LogP contribution in [0.4, 0.5) is 11.4 Å². The largest absolute Gasteiger partial charge is 0.372 e. The van der Waals surface area contributed by atoms with Crippen LogP contribution in [0.15, 0.2) is 74.1 Å². The molecule has 3 nitrogen and oxygen atoms in total. The molecule has 2 rings (SSSR count). The van der Waals surface area contributed by atoms with Gasteiger partial charge in [-0.3, -0.25) is 4.79 Å². The zero-order chi connectivity index (χ0) is 17.5. The summed E-state index contributed by atoms with van der Waals surface area (Å²) >= 11 is 0. The Morgan fingerprint density at radius 3 is 1.62 bits per heavy atom. The average Bonchev–Trinajstić information content (AvgIpc) is 2.64. The first kappa shape index (κ1) is 17.5. The first-order valence-corrected chi connectivity index (χ1v) is 8.17. The molecule has 0 aliphatic carbocycles. The van der Waals surface area contributed by atoms with Crippen LogP contribution in [0.25, 0.3) is 0 Å². The molecule has 0 amide bonds. The molecule has 0 aliphatic rings. The Hall–Kier alpha value is -2.81. The van der Waals surface area contributed by atoms with Gasteiger partial charge < -0.3 is 9.80 Å². The molecule has 2 aromatic carbocycles. The molecule has 0 N–H and O–H groups in total. The fourth-order valence-electron chi connectivity index (χ4n) is 2.65. The molecule has 24 heavy (non-hydrogen) atoms. The van der Waals surface area contributed by atoms with Crippen molar-refractivity contribution in [3.8, 4) is 0 Å². The molecule has 0 spiro atoms.